The van der Waals surface area contributed by atoms with E-state index in [9.17, 15) is 0 Å². The minimum Gasteiger partial charge on any atom is -0.314 e. The number of hydrogen-bond donors (Lipinski definition) is 1. The molecule has 0 radical (unpaired) electrons. The zero-order valence-electron chi connectivity index (χ0n) is 9.99. The lowest BCUT2D eigenvalue weighted by Crippen LogP contribution is -2.06. The molecular weight excluding hydrogens is 198 g/mol. The molecule has 1 aromatic carbocycles. The number of aryl methyl sites for hydroxylation is 2. The maximum atomic E-state index is 4.50. The van der Waals surface area contributed by atoms with E-state index in [4.69, 9.17) is 0 Å². The van der Waals surface area contributed by atoms with Gasteiger partial charge < -0.3 is 5.32 Å². The average Bonchev–Trinajstić information content (AvgIpc) is 2.71. The van der Waals surface area contributed by atoms with Gasteiger partial charge in [-0.25, -0.2) is 4.68 Å². The molecule has 0 amide bonds. The summed E-state index contributed by atoms with van der Waals surface area (Å²) in [6.07, 6.45) is 2.00. The van der Waals surface area contributed by atoms with Gasteiger partial charge in [-0.3, -0.25) is 0 Å². The highest BCUT2D eigenvalue weighted by atomic mass is 15.3. The first kappa shape index (κ1) is 10.9. The number of aromatic nitrogens is 2. The SMILES string of the molecule is CNCc1ccn(-c2ccc(C)c(C)c2)n1. The maximum Gasteiger partial charge on any atom is 0.0766 e. The Labute approximate surface area is 96.1 Å². The molecule has 3 heteroatoms. The summed E-state index contributed by atoms with van der Waals surface area (Å²) in [4.78, 5) is 0. The molecule has 0 aliphatic carbocycles. The van der Waals surface area contributed by atoms with Crippen LogP contribution in [0, 0.1) is 13.8 Å². The van der Waals surface area contributed by atoms with Gasteiger partial charge in [-0.2, -0.15) is 5.10 Å². The number of nitrogens with one attached hydrogen (secondary N) is 1. The van der Waals surface area contributed by atoms with Crippen molar-refractivity contribution in [2.45, 2.75) is 20.4 Å². The van der Waals surface area contributed by atoms with Gasteiger partial charge in [-0.15, -0.1) is 0 Å². The molecule has 0 unspecified atom stereocenters. The molecule has 1 aromatic heterocycles. The predicted octanol–water partition coefficient (Wildman–Crippen LogP) is 2.21. The van der Waals surface area contributed by atoms with E-state index in [1.807, 2.05) is 24.0 Å². The Kier molecular flexibility index (Phi) is 3.06. The Morgan fingerprint density at radius 3 is 2.69 bits per heavy atom. The maximum absolute atomic E-state index is 4.50. The fraction of sp³-hybridized carbons (Fsp3) is 0.308. The van der Waals surface area contributed by atoms with E-state index in [-0.39, 0.29) is 0 Å². The van der Waals surface area contributed by atoms with Crippen LogP contribution >= 0.6 is 0 Å². The molecule has 0 bridgehead atoms. The Hall–Kier alpha value is -1.61. The first-order chi connectivity index (χ1) is 7.70. The van der Waals surface area contributed by atoms with Gasteiger partial charge in [0.1, 0.15) is 0 Å². The third-order valence-corrected chi connectivity index (χ3v) is 2.76. The summed E-state index contributed by atoms with van der Waals surface area (Å²) < 4.78 is 1.92. The summed E-state index contributed by atoms with van der Waals surface area (Å²) in [7, 11) is 1.93. The van der Waals surface area contributed by atoms with Crippen molar-refractivity contribution in [3.8, 4) is 5.69 Å². The van der Waals surface area contributed by atoms with Crippen LogP contribution in [0.4, 0.5) is 0 Å². The minimum atomic E-state index is 0.803. The van der Waals surface area contributed by atoms with Crippen molar-refractivity contribution >= 4 is 0 Å². The lowest BCUT2D eigenvalue weighted by atomic mass is 10.1. The summed E-state index contributed by atoms with van der Waals surface area (Å²) in [6, 6.07) is 8.42. The van der Waals surface area contributed by atoms with E-state index in [1.54, 1.807) is 0 Å². The van der Waals surface area contributed by atoms with Gasteiger partial charge in [0, 0.05) is 12.7 Å². The number of hydrogen-bond acceptors (Lipinski definition) is 2. The summed E-state index contributed by atoms with van der Waals surface area (Å²) >= 11 is 0. The molecule has 0 aliphatic rings. The zero-order chi connectivity index (χ0) is 11.5. The lowest BCUT2D eigenvalue weighted by Gasteiger charge is -2.05. The van der Waals surface area contributed by atoms with Gasteiger partial charge in [0.25, 0.3) is 0 Å². The van der Waals surface area contributed by atoms with Crippen molar-refractivity contribution < 1.29 is 0 Å². The van der Waals surface area contributed by atoms with E-state index < -0.39 is 0 Å². The van der Waals surface area contributed by atoms with Gasteiger partial charge in [0.05, 0.1) is 11.4 Å². The average molecular weight is 215 g/mol. The van der Waals surface area contributed by atoms with Crippen LogP contribution in [0.25, 0.3) is 5.69 Å². The molecule has 0 saturated heterocycles. The third kappa shape index (κ3) is 2.14. The lowest BCUT2D eigenvalue weighted by molar-refractivity contribution is 0.757. The van der Waals surface area contributed by atoms with Crippen molar-refractivity contribution in [2.24, 2.45) is 0 Å². The third-order valence-electron chi connectivity index (χ3n) is 2.76. The molecule has 16 heavy (non-hydrogen) atoms. The second kappa shape index (κ2) is 4.49. The van der Waals surface area contributed by atoms with Gasteiger partial charge >= 0.3 is 0 Å². The quantitative estimate of drug-likeness (QED) is 0.850. The number of benzene rings is 1. The molecule has 3 nitrogen and oxygen atoms in total. The largest absolute Gasteiger partial charge is 0.314 e. The minimum absolute atomic E-state index is 0.803. The van der Waals surface area contributed by atoms with Crippen molar-refractivity contribution in [3.05, 3.63) is 47.3 Å². The smallest absolute Gasteiger partial charge is 0.0766 e. The highest BCUT2D eigenvalue weighted by Gasteiger charge is 2.01. The fourth-order valence-corrected chi connectivity index (χ4v) is 1.65. The standard InChI is InChI=1S/C13H17N3/c1-10-4-5-13(8-11(10)2)16-7-6-12(15-16)9-14-3/h4-8,14H,9H2,1-3H3. The second-order valence-electron chi connectivity index (χ2n) is 4.05. The Morgan fingerprint density at radius 2 is 2.00 bits per heavy atom. The van der Waals surface area contributed by atoms with Gasteiger partial charge in [-0.1, -0.05) is 6.07 Å². The van der Waals surface area contributed by atoms with Crippen molar-refractivity contribution in [1.29, 1.82) is 0 Å². The second-order valence-corrected chi connectivity index (χ2v) is 4.05. The normalized spacial score (nSPS) is 10.7. The molecule has 0 spiro atoms. The topological polar surface area (TPSA) is 29.9 Å². The Balaban J connectivity index is 2.31. The molecule has 0 atom stereocenters. The Bertz CT molecular complexity index is 486. The fourth-order valence-electron chi connectivity index (χ4n) is 1.65. The van der Waals surface area contributed by atoms with Crippen LogP contribution in [0.1, 0.15) is 16.8 Å². The highest BCUT2D eigenvalue weighted by molar-refractivity contribution is 5.39. The molecule has 0 fully saturated rings. The summed E-state index contributed by atoms with van der Waals surface area (Å²) in [6.45, 7) is 5.04. The van der Waals surface area contributed by atoms with Crippen molar-refractivity contribution in [1.82, 2.24) is 15.1 Å². The van der Waals surface area contributed by atoms with E-state index in [0.717, 1.165) is 17.9 Å². The monoisotopic (exact) mass is 215 g/mol. The number of rotatable bonds is 3. The highest BCUT2D eigenvalue weighted by Crippen LogP contribution is 2.13. The zero-order valence-corrected chi connectivity index (χ0v) is 9.99. The van der Waals surface area contributed by atoms with E-state index in [2.05, 4.69) is 42.5 Å². The van der Waals surface area contributed by atoms with Crippen LogP contribution in [0.2, 0.25) is 0 Å². The number of nitrogens with zero attached hydrogens (tertiary/aromatic N) is 2. The molecule has 84 valence electrons. The molecular formula is C13H17N3. The first-order valence-electron chi connectivity index (χ1n) is 5.47. The molecule has 0 aliphatic heterocycles. The van der Waals surface area contributed by atoms with Crippen LogP contribution in [0.3, 0.4) is 0 Å². The van der Waals surface area contributed by atoms with E-state index in [1.165, 1.54) is 11.1 Å². The van der Waals surface area contributed by atoms with Crippen LogP contribution in [-0.2, 0) is 6.54 Å². The van der Waals surface area contributed by atoms with Gasteiger partial charge in [0.15, 0.2) is 0 Å². The molecule has 2 rings (SSSR count). The molecule has 1 N–H and O–H groups in total. The van der Waals surface area contributed by atoms with Crippen LogP contribution < -0.4 is 5.32 Å². The van der Waals surface area contributed by atoms with E-state index in [0.29, 0.717) is 0 Å². The van der Waals surface area contributed by atoms with Crippen LogP contribution in [-0.4, -0.2) is 16.8 Å². The van der Waals surface area contributed by atoms with Gasteiger partial charge in [-0.05, 0) is 50.2 Å². The summed E-state index contributed by atoms with van der Waals surface area (Å²) in [5.74, 6) is 0. The van der Waals surface area contributed by atoms with E-state index >= 15 is 0 Å². The first-order valence-corrected chi connectivity index (χ1v) is 5.47. The van der Waals surface area contributed by atoms with Gasteiger partial charge in [0.2, 0.25) is 0 Å². The predicted molar refractivity (Wildman–Crippen MR) is 65.8 cm³/mol. The summed E-state index contributed by atoms with van der Waals surface area (Å²) in [5, 5.41) is 7.59. The van der Waals surface area contributed by atoms with Crippen molar-refractivity contribution in [2.75, 3.05) is 7.05 Å². The van der Waals surface area contributed by atoms with Crippen LogP contribution in [0.15, 0.2) is 30.5 Å². The van der Waals surface area contributed by atoms with Crippen LogP contribution in [0.5, 0.6) is 0 Å². The molecule has 2 aromatic rings. The molecule has 1 heterocycles. The summed E-state index contributed by atoms with van der Waals surface area (Å²) in [5.41, 5.74) is 4.78. The van der Waals surface area contributed by atoms with Crippen molar-refractivity contribution in [3.63, 3.8) is 0 Å². The molecule has 0 saturated carbocycles. The Morgan fingerprint density at radius 1 is 1.19 bits per heavy atom.